The Labute approximate surface area is 141 Å². The molecule has 142 valence electrons. The molecule has 0 aromatic heterocycles. The van der Waals surface area contributed by atoms with Gasteiger partial charge in [0.25, 0.3) is 0 Å². The first-order valence-electron chi connectivity index (χ1n) is 7.78. The zero-order valence-corrected chi connectivity index (χ0v) is 15.3. The highest BCUT2D eigenvalue weighted by Crippen LogP contribution is 2.58. The van der Waals surface area contributed by atoms with E-state index >= 15 is 0 Å². The van der Waals surface area contributed by atoms with Crippen LogP contribution in [-0.2, 0) is 28.4 Å². The Morgan fingerprint density at radius 2 is 1.79 bits per heavy atom. The molecule has 0 heterocycles. The van der Waals surface area contributed by atoms with Crippen LogP contribution >= 0.6 is 7.60 Å². The largest absolute Gasteiger partial charge is 0.465 e. The van der Waals surface area contributed by atoms with Crippen molar-refractivity contribution in [3.05, 3.63) is 0 Å². The van der Waals surface area contributed by atoms with Gasteiger partial charge in [0.15, 0.2) is 11.4 Å². The maximum Gasteiger partial charge on any atom is 0.343 e. The van der Waals surface area contributed by atoms with E-state index in [2.05, 4.69) is 0 Å². The Morgan fingerprint density at radius 1 is 1.21 bits per heavy atom. The van der Waals surface area contributed by atoms with Gasteiger partial charge in [-0.15, -0.1) is 0 Å². The normalized spacial score (nSPS) is 16.8. The minimum Gasteiger partial charge on any atom is -0.465 e. The second-order valence-corrected chi connectivity index (χ2v) is 6.99. The zero-order valence-electron chi connectivity index (χ0n) is 14.4. The number of esters is 2. The number of aliphatic hydroxyl groups excluding tert-OH is 1. The van der Waals surface area contributed by atoms with Crippen molar-refractivity contribution >= 4 is 19.5 Å². The predicted molar refractivity (Wildman–Crippen MR) is 84.1 cm³/mol. The summed E-state index contributed by atoms with van der Waals surface area (Å²) in [7, 11) is -5.04. The van der Waals surface area contributed by atoms with Crippen LogP contribution in [0.3, 0.4) is 0 Å². The third-order valence-corrected chi connectivity index (χ3v) is 5.53. The molecule has 9 nitrogen and oxygen atoms in total. The van der Waals surface area contributed by atoms with Crippen molar-refractivity contribution in [2.45, 2.75) is 52.0 Å². The molecular formula is C14H27O9P. The molecule has 0 aromatic rings. The monoisotopic (exact) mass is 370 g/mol. The van der Waals surface area contributed by atoms with E-state index in [9.17, 15) is 23.9 Å². The Bertz CT molecular complexity index is 461. The van der Waals surface area contributed by atoms with Crippen molar-refractivity contribution in [2.24, 2.45) is 5.92 Å². The summed E-state index contributed by atoms with van der Waals surface area (Å²) in [6.07, 6.45) is -1.37. The highest BCUT2D eigenvalue weighted by atomic mass is 31.2. The molecule has 10 heteroatoms. The zero-order chi connectivity index (χ0) is 19.0. The van der Waals surface area contributed by atoms with Crippen LogP contribution in [0.5, 0.6) is 0 Å². The van der Waals surface area contributed by atoms with E-state index in [1.807, 2.05) is 0 Å². The summed E-state index contributed by atoms with van der Waals surface area (Å²) in [4.78, 5) is 44.3. The molecule has 0 saturated carbocycles. The van der Waals surface area contributed by atoms with Gasteiger partial charge in [-0.25, -0.2) is 0 Å². The van der Waals surface area contributed by atoms with E-state index in [0.717, 1.165) is 0 Å². The van der Waals surface area contributed by atoms with Crippen LogP contribution < -0.4 is 0 Å². The molecular weight excluding hydrogens is 343 g/mol. The first kappa shape index (κ1) is 23.0. The maximum atomic E-state index is 12.4. The topological polar surface area (TPSA) is 140 Å². The number of hydrogen-bond donors (Lipinski definition) is 3. The van der Waals surface area contributed by atoms with Crippen molar-refractivity contribution < 1.29 is 43.3 Å². The molecule has 0 spiro atoms. The number of carbonyl (C=O) groups excluding carboxylic acids is 2. The lowest BCUT2D eigenvalue weighted by molar-refractivity contribution is -0.185. The lowest BCUT2D eigenvalue weighted by Gasteiger charge is -2.36. The number of rotatable bonds is 11. The first-order chi connectivity index (χ1) is 11.1. The molecule has 3 N–H and O–H groups in total. The second kappa shape index (κ2) is 10.1. The van der Waals surface area contributed by atoms with Crippen molar-refractivity contribution in [3.63, 3.8) is 0 Å². The molecule has 3 unspecified atom stereocenters. The van der Waals surface area contributed by atoms with Crippen LogP contribution in [0.2, 0.25) is 0 Å². The quantitative estimate of drug-likeness (QED) is 0.274. The molecule has 0 rings (SSSR count). The van der Waals surface area contributed by atoms with Crippen molar-refractivity contribution in [1.82, 2.24) is 0 Å². The molecule has 0 fully saturated rings. The lowest BCUT2D eigenvalue weighted by Crippen LogP contribution is -2.50. The molecule has 24 heavy (non-hydrogen) atoms. The SMILES string of the molecule is CCOC(=O)C(CC)(C(CC)C(=O)OC(C)OCCO)P(=O)(O)O. The van der Waals surface area contributed by atoms with Crippen LogP contribution in [0.15, 0.2) is 0 Å². The summed E-state index contributed by atoms with van der Waals surface area (Å²) in [6, 6.07) is 0. The van der Waals surface area contributed by atoms with Crippen LogP contribution in [0.25, 0.3) is 0 Å². The van der Waals surface area contributed by atoms with Crippen molar-refractivity contribution in [3.8, 4) is 0 Å². The van der Waals surface area contributed by atoms with Gasteiger partial charge in [0.2, 0.25) is 0 Å². The van der Waals surface area contributed by atoms with Gasteiger partial charge in [-0.05, 0) is 26.7 Å². The summed E-state index contributed by atoms with van der Waals surface area (Å²) < 4.78 is 26.9. The Morgan fingerprint density at radius 3 is 2.17 bits per heavy atom. The van der Waals surface area contributed by atoms with Crippen molar-refractivity contribution in [1.29, 1.82) is 0 Å². The summed E-state index contributed by atoms with van der Waals surface area (Å²) in [5, 5.41) is 6.37. The molecule has 0 aromatic carbocycles. The third kappa shape index (κ3) is 5.26. The van der Waals surface area contributed by atoms with Gasteiger partial charge in [0, 0.05) is 0 Å². The third-order valence-electron chi connectivity index (χ3n) is 3.68. The Hall–Kier alpha value is -0.990. The predicted octanol–water partition coefficient (Wildman–Crippen LogP) is 0.800. The summed E-state index contributed by atoms with van der Waals surface area (Å²) in [5.41, 5.74) is 0. The second-order valence-electron chi connectivity index (χ2n) is 5.10. The smallest absolute Gasteiger partial charge is 0.343 e. The Kier molecular flexibility index (Phi) is 9.69. The first-order valence-corrected chi connectivity index (χ1v) is 9.39. The highest BCUT2D eigenvalue weighted by Gasteiger charge is 2.61. The van der Waals surface area contributed by atoms with Gasteiger partial charge in [-0.2, -0.15) is 0 Å². The number of carbonyl (C=O) groups is 2. The van der Waals surface area contributed by atoms with Gasteiger partial charge in [-0.1, -0.05) is 13.8 Å². The molecule has 3 atom stereocenters. The molecule has 0 bridgehead atoms. The maximum absolute atomic E-state index is 12.4. The van der Waals surface area contributed by atoms with Crippen LogP contribution in [0, 0.1) is 5.92 Å². The molecule has 0 aliphatic carbocycles. The van der Waals surface area contributed by atoms with Gasteiger partial charge < -0.3 is 29.1 Å². The molecule has 0 radical (unpaired) electrons. The van der Waals surface area contributed by atoms with Crippen LogP contribution in [-0.4, -0.2) is 58.1 Å². The number of hydrogen-bond acceptors (Lipinski definition) is 7. The Balaban J connectivity index is 5.66. The van der Waals surface area contributed by atoms with Gasteiger partial charge in [0.05, 0.1) is 25.7 Å². The fraction of sp³-hybridized carbons (Fsp3) is 0.857. The van der Waals surface area contributed by atoms with E-state index in [1.54, 1.807) is 0 Å². The average molecular weight is 370 g/mol. The van der Waals surface area contributed by atoms with Crippen molar-refractivity contribution in [2.75, 3.05) is 19.8 Å². The van der Waals surface area contributed by atoms with Crippen LogP contribution in [0.4, 0.5) is 0 Å². The van der Waals surface area contributed by atoms with Crippen LogP contribution in [0.1, 0.15) is 40.5 Å². The van der Waals surface area contributed by atoms with Gasteiger partial charge >= 0.3 is 19.5 Å². The summed E-state index contributed by atoms with van der Waals surface area (Å²) >= 11 is 0. The average Bonchev–Trinajstić information content (AvgIpc) is 2.48. The van der Waals surface area contributed by atoms with E-state index in [-0.39, 0.29) is 32.7 Å². The van der Waals surface area contributed by atoms with E-state index < -0.39 is 36.9 Å². The molecule has 0 aliphatic heterocycles. The van der Waals surface area contributed by atoms with E-state index in [4.69, 9.17) is 19.3 Å². The summed E-state index contributed by atoms with van der Waals surface area (Å²) in [6.45, 7) is 5.39. The lowest BCUT2D eigenvalue weighted by atomic mass is 9.86. The summed E-state index contributed by atoms with van der Waals surface area (Å²) in [5.74, 6) is -3.50. The minimum atomic E-state index is -5.04. The fourth-order valence-corrected chi connectivity index (χ4v) is 3.92. The van der Waals surface area contributed by atoms with Gasteiger partial charge in [0.1, 0.15) is 0 Å². The van der Waals surface area contributed by atoms with E-state index in [1.165, 1.54) is 27.7 Å². The standard InChI is InChI=1S/C14H27O9P/c1-5-11(12(16)23-10(4)22-9-8-15)14(6-2,24(18,19)20)13(17)21-7-3/h10-11,15H,5-9H2,1-4H3,(H2,18,19,20). The minimum absolute atomic E-state index is 0.0384. The fourth-order valence-electron chi connectivity index (χ4n) is 2.51. The molecule has 0 saturated heterocycles. The molecule has 0 aliphatic rings. The molecule has 0 amide bonds. The van der Waals surface area contributed by atoms with E-state index in [0.29, 0.717) is 0 Å². The van der Waals surface area contributed by atoms with Gasteiger partial charge in [-0.3, -0.25) is 14.2 Å². The number of ether oxygens (including phenoxy) is 3. The number of aliphatic hydroxyl groups is 1. The highest BCUT2D eigenvalue weighted by molar-refractivity contribution is 7.54.